The molecule has 0 saturated carbocycles. The molecule has 2 aromatic rings. The summed E-state index contributed by atoms with van der Waals surface area (Å²) in [5.74, 6) is 1.51. The van der Waals surface area contributed by atoms with Crippen LogP contribution < -0.4 is 14.4 Å². The zero-order chi connectivity index (χ0) is 21.6. The molecule has 2 aromatic carbocycles. The van der Waals surface area contributed by atoms with E-state index in [2.05, 4.69) is 10.3 Å². The maximum Gasteiger partial charge on any atom is 0.236 e. The SMILES string of the molecule is CCOc1ccc(CN(C)C(=NC)NCCS(=O)(=O)N2CCc3ccccc32)cc1. The van der Waals surface area contributed by atoms with Crippen LogP contribution in [0.25, 0.3) is 0 Å². The average Bonchev–Trinajstić information content (AvgIpc) is 3.18. The van der Waals surface area contributed by atoms with Gasteiger partial charge in [-0.05, 0) is 42.7 Å². The van der Waals surface area contributed by atoms with Gasteiger partial charge in [0.2, 0.25) is 10.0 Å². The van der Waals surface area contributed by atoms with Crippen LogP contribution in [0.1, 0.15) is 18.1 Å². The molecule has 1 heterocycles. The molecule has 7 nitrogen and oxygen atoms in total. The topological polar surface area (TPSA) is 74.2 Å². The molecule has 1 aliphatic rings. The van der Waals surface area contributed by atoms with E-state index in [-0.39, 0.29) is 5.75 Å². The van der Waals surface area contributed by atoms with Gasteiger partial charge in [-0.3, -0.25) is 9.30 Å². The molecule has 0 radical (unpaired) electrons. The van der Waals surface area contributed by atoms with Gasteiger partial charge in [0.25, 0.3) is 0 Å². The molecule has 0 fully saturated rings. The van der Waals surface area contributed by atoms with E-state index in [1.54, 1.807) is 7.05 Å². The molecule has 0 atom stereocenters. The quantitative estimate of drug-likeness (QED) is 0.515. The Labute approximate surface area is 179 Å². The maximum atomic E-state index is 12.8. The normalized spacial score (nSPS) is 13.8. The smallest absolute Gasteiger partial charge is 0.236 e. The molecule has 0 aliphatic carbocycles. The molecule has 1 N–H and O–H groups in total. The number of nitrogens with one attached hydrogen (secondary N) is 1. The molecule has 0 saturated heterocycles. The van der Waals surface area contributed by atoms with E-state index >= 15 is 0 Å². The third kappa shape index (κ3) is 5.24. The molecule has 0 aromatic heterocycles. The number of hydrogen-bond acceptors (Lipinski definition) is 4. The fraction of sp³-hybridized carbons (Fsp3) is 0.409. The molecule has 1 aliphatic heterocycles. The van der Waals surface area contributed by atoms with Crippen molar-refractivity contribution in [2.45, 2.75) is 19.9 Å². The van der Waals surface area contributed by atoms with Crippen LogP contribution in [0.3, 0.4) is 0 Å². The van der Waals surface area contributed by atoms with Crippen LogP contribution in [0, 0.1) is 0 Å². The average molecular weight is 431 g/mol. The molecule has 0 bridgehead atoms. The van der Waals surface area contributed by atoms with Gasteiger partial charge in [-0.15, -0.1) is 0 Å². The zero-order valence-electron chi connectivity index (χ0n) is 17.8. The van der Waals surface area contributed by atoms with Gasteiger partial charge < -0.3 is 15.0 Å². The number of hydrogen-bond donors (Lipinski definition) is 1. The minimum absolute atomic E-state index is 0.0112. The van der Waals surface area contributed by atoms with Crippen molar-refractivity contribution in [3.05, 3.63) is 59.7 Å². The van der Waals surface area contributed by atoms with Crippen LogP contribution in [0.5, 0.6) is 5.75 Å². The lowest BCUT2D eigenvalue weighted by atomic mass is 10.2. The first-order valence-electron chi connectivity index (χ1n) is 10.2. The highest BCUT2D eigenvalue weighted by atomic mass is 32.2. The number of para-hydroxylation sites is 1. The van der Waals surface area contributed by atoms with Crippen molar-refractivity contribution in [2.24, 2.45) is 4.99 Å². The lowest BCUT2D eigenvalue weighted by molar-refractivity contribution is 0.340. The van der Waals surface area contributed by atoms with Crippen molar-refractivity contribution in [2.75, 3.05) is 43.8 Å². The highest BCUT2D eigenvalue weighted by Crippen LogP contribution is 2.29. The number of aliphatic imine (C=N–C) groups is 1. The van der Waals surface area contributed by atoms with E-state index in [4.69, 9.17) is 4.74 Å². The van der Waals surface area contributed by atoms with Gasteiger partial charge in [0.05, 0.1) is 18.0 Å². The zero-order valence-corrected chi connectivity index (χ0v) is 18.7. The van der Waals surface area contributed by atoms with Gasteiger partial charge in [-0.2, -0.15) is 0 Å². The van der Waals surface area contributed by atoms with Crippen LogP contribution in [0.2, 0.25) is 0 Å². The van der Waals surface area contributed by atoms with Crippen molar-refractivity contribution < 1.29 is 13.2 Å². The molecular formula is C22H30N4O3S. The number of anilines is 1. The lowest BCUT2D eigenvalue weighted by Crippen LogP contribution is -2.42. The van der Waals surface area contributed by atoms with Crippen molar-refractivity contribution in [1.82, 2.24) is 10.2 Å². The number of ether oxygens (including phenoxy) is 1. The number of rotatable bonds is 8. The standard InChI is InChI=1S/C22H30N4O3S/c1-4-29-20-11-9-18(10-12-20)17-25(3)22(23-2)24-14-16-30(27,28)26-15-13-19-7-5-6-8-21(19)26/h5-12H,4,13-17H2,1-3H3,(H,23,24). The van der Waals surface area contributed by atoms with Crippen molar-refractivity contribution in [3.63, 3.8) is 0 Å². The summed E-state index contributed by atoms with van der Waals surface area (Å²) in [5, 5.41) is 3.17. The molecular weight excluding hydrogens is 400 g/mol. The number of guanidine groups is 1. The second-order valence-electron chi connectivity index (χ2n) is 7.17. The third-order valence-corrected chi connectivity index (χ3v) is 6.82. The molecule has 0 spiro atoms. The summed E-state index contributed by atoms with van der Waals surface area (Å²) >= 11 is 0. The Kier molecular flexibility index (Phi) is 7.20. The fourth-order valence-electron chi connectivity index (χ4n) is 3.59. The first-order valence-corrected chi connectivity index (χ1v) is 11.8. The molecule has 30 heavy (non-hydrogen) atoms. The van der Waals surface area contributed by atoms with Gasteiger partial charge in [0, 0.05) is 33.7 Å². The van der Waals surface area contributed by atoms with Gasteiger partial charge >= 0.3 is 0 Å². The molecule has 8 heteroatoms. The first-order chi connectivity index (χ1) is 14.4. The maximum absolute atomic E-state index is 12.8. The molecule has 0 amide bonds. The van der Waals surface area contributed by atoms with Crippen LogP contribution in [-0.4, -0.2) is 58.8 Å². The second-order valence-corrected chi connectivity index (χ2v) is 9.19. The largest absolute Gasteiger partial charge is 0.494 e. The minimum Gasteiger partial charge on any atom is -0.494 e. The van der Waals surface area contributed by atoms with Gasteiger partial charge in [0.1, 0.15) is 5.75 Å². The summed E-state index contributed by atoms with van der Waals surface area (Å²) in [4.78, 5) is 6.25. The van der Waals surface area contributed by atoms with Crippen molar-refractivity contribution >= 4 is 21.7 Å². The third-order valence-electron chi connectivity index (χ3n) is 5.05. The highest BCUT2D eigenvalue weighted by molar-refractivity contribution is 7.92. The number of fused-ring (bicyclic) bond motifs is 1. The Balaban J connectivity index is 1.54. The minimum atomic E-state index is -3.39. The van der Waals surface area contributed by atoms with Gasteiger partial charge in [-0.25, -0.2) is 8.42 Å². The Morgan fingerprint density at radius 1 is 1.20 bits per heavy atom. The van der Waals surface area contributed by atoms with Gasteiger partial charge in [-0.1, -0.05) is 30.3 Å². The number of benzene rings is 2. The Morgan fingerprint density at radius 3 is 2.63 bits per heavy atom. The van der Waals surface area contributed by atoms with E-state index in [1.165, 1.54) is 4.31 Å². The predicted octanol–water partition coefficient (Wildman–Crippen LogP) is 2.49. The van der Waals surface area contributed by atoms with Crippen molar-refractivity contribution in [1.29, 1.82) is 0 Å². The van der Waals surface area contributed by atoms with E-state index in [9.17, 15) is 8.42 Å². The Hall–Kier alpha value is -2.74. The van der Waals surface area contributed by atoms with E-state index in [1.807, 2.05) is 67.4 Å². The summed E-state index contributed by atoms with van der Waals surface area (Å²) in [6.45, 7) is 4.05. The first kappa shape index (κ1) is 22.0. The number of sulfonamides is 1. The van der Waals surface area contributed by atoms with Gasteiger partial charge in [0.15, 0.2) is 5.96 Å². The van der Waals surface area contributed by atoms with Crippen LogP contribution in [-0.2, 0) is 23.0 Å². The fourth-order valence-corrected chi connectivity index (χ4v) is 5.02. The second kappa shape index (κ2) is 9.84. The van der Waals surface area contributed by atoms with E-state index in [0.29, 0.717) is 32.2 Å². The number of nitrogens with zero attached hydrogens (tertiary/aromatic N) is 3. The van der Waals surface area contributed by atoms with Crippen LogP contribution in [0.4, 0.5) is 5.69 Å². The Bertz CT molecular complexity index is 974. The van der Waals surface area contributed by atoms with Crippen LogP contribution >= 0.6 is 0 Å². The van der Waals surface area contributed by atoms with E-state index in [0.717, 1.165) is 29.0 Å². The summed E-state index contributed by atoms with van der Waals surface area (Å²) in [7, 11) is 0.236. The Morgan fingerprint density at radius 2 is 1.93 bits per heavy atom. The summed E-state index contributed by atoms with van der Waals surface area (Å²) in [6, 6.07) is 15.6. The highest BCUT2D eigenvalue weighted by Gasteiger charge is 2.28. The molecule has 3 rings (SSSR count). The molecule has 162 valence electrons. The summed E-state index contributed by atoms with van der Waals surface area (Å²) in [6.07, 6.45) is 0.759. The predicted molar refractivity (Wildman–Crippen MR) is 122 cm³/mol. The van der Waals surface area contributed by atoms with Crippen molar-refractivity contribution in [3.8, 4) is 5.75 Å². The molecule has 0 unspecified atom stereocenters. The van der Waals surface area contributed by atoms with E-state index < -0.39 is 10.0 Å². The van der Waals surface area contributed by atoms with Crippen LogP contribution in [0.15, 0.2) is 53.5 Å². The lowest BCUT2D eigenvalue weighted by Gasteiger charge is -2.23. The summed E-state index contributed by atoms with van der Waals surface area (Å²) in [5.41, 5.74) is 3.00. The summed E-state index contributed by atoms with van der Waals surface area (Å²) < 4.78 is 32.7. The monoisotopic (exact) mass is 430 g/mol.